The Kier molecular flexibility index (Phi) is 4.53. The van der Waals surface area contributed by atoms with Crippen molar-refractivity contribution in [1.29, 1.82) is 0 Å². The molecule has 0 aromatic heterocycles. The lowest BCUT2D eigenvalue weighted by Crippen LogP contribution is -2.39. The smallest absolute Gasteiger partial charge is 0.335 e. The normalized spacial score (nSPS) is 20.2. The van der Waals surface area contributed by atoms with Gasteiger partial charge in [0.25, 0.3) is 0 Å². The number of ether oxygens (including phenoxy) is 1. The number of carboxylic acid groups (broad SMARTS) is 1. The predicted octanol–water partition coefficient (Wildman–Crippen LogP) is 1.81. The van der Waals surface area contributed by atoms with Crippen LogP contribution in [0.1, 0.15) is 30.1 Å². The van der Waals surface area contributed by atoms with E-state index in [-0.39, 0.29) is 16.2 Å². The second-order valence-electron chi connectivity index (χ2n) is 5.28. The van der Waals surface area contributed by atoms with E-state index in [2.05, 4.69) is 0 Å². The highest BCUT2D eigenvalue weighted by Crippen LogP contribution is 2.30. The van der Waals surface area contributed by atoms with Gasteiger partial charge >= 0.3 is 5.97 Å². The lowest BCUT2D eigenvalue weighted by atomic mass is 10.0. The zero-order valence-electron chi connectivity index (χ0n) is 12.1. The number of aromatic carboxylic acids is 1. The third kappa shape index (κ3) is 3.19. The van der Waals surface area contributed by atoms with Gasteiger partial charge in [-0.15, -0.1) is 0 Å². The van der Waals surface area contributed by atoms with Crippen molar-refractivity contribution in [2.45, 2.75) is 24.7 Å². The van der Waals surface area contributed by atoms with Crippen LogP contribution in [0.15, 0.2) is 23.1 Å². The van der Waals surface area contributed by atoms with Crippen LogP contribution in [-0.4, -0.2) is 44.0 Å². The lowest BCUT2D eigenvalue weighted by molar-refractivity contribution is 0.0696. The van der Waals surface area contributed by atoms with E-state index in [0.717, 1.165) is 18.9 Å². The Morgan fingerprint density at radius 1 is 1.43 bits per heavy atom. The van der Waals surface area contributed by atoms with Gasteiger partial charge in [0.1, 0.15) is 10.6 Å². The fourth-order valence-electron chi connectivity index (χ4n) is 2.52. The molecule has 2 rings (SSSR count). The first kappa shape index (κ1) is 15.8. The van der Waals surface area contributed by atoms with E-state index in [9.17, 15) is 13.2 Å². The monoisotopic (exact) mass is 313 g/mol. The van der Waals surface area contributed by atoms with Gasteiger partial charge in [0.2, 0.25) is 10.0 Å². The van der Waals surface area contributed by atoms with Gasteiger partial charge in [0.05, 0.1) is 12.7 Å². The number of hydrogen-bond acceptors (Lipinski definition) is 4. The van der Waals surface area contributed by atoms with E-state index in [1.165, 1.54) is 23.5 Å². The number of piperidine rings is 1. The molecule has 1 aliphatic rings. The molecule has 1 aliphatic heterocycles. The predicted molar refractivity (Wildman–Crippen MR) is 77.1 cm³/mol. The fourth-order valence-corrected chi connectivity index (χ4v) is 4.29. The molecule has 1 heterocycles. The van der Waals surface area contributed by atoms with Crippen molar-refractivity contribution in [3.63, 3.8) is 0 Å². The molecule has 0 aliphatic carbocycles. The lowest BCUT2D eigenvalue weighted by Gasteiger charge is -2.30. The first-order valence-corrected chi connectivity index (χ1v) is 8.21. The Morgan fingerprint density at radius 3 is 2.71 bits per heavy atom. The molecule has 1 saturated heterocycles. The van der Waals surface area contributed by atoms with E-state index in [0.29, 0.717) is 19.0 Å². The minimum Gasteiger partial charge on any atom is -0.495 e. The Balaban J connectivity index is 2.47. The standard InChI is InChI=1S/C14H19NO5S/c1-10-4-3-7-15(9-10)21(18,19)13-8-11(14(16)17)5-6-12(13)20-2/h5-6,8,10H,3-4,7,9H2,1-2H3,(H,16,17)/t10-/m0/s1. The number of rotatable bonds is 4. The molecule has 1 fully saturated rings. The number of carbonyl (C=O) groups is 1. The topological polar surface area (TPSA) is 83.9 Å². The van der Waals surface area contributed by atoms with Gasteiger partial charge in [-0.1, -0.05) is 6.92 Å². The van der Waals surface area contributed by atoms with Crippen molar-refractivity contribution < 1.29 is 23.1 Å². The molecule has 0 saturated carbocycles. The second kappa shape index (κ2) is 6.03. The van der Waals surface area contributed by atoms with E-state index in [1.807, 2.05) is 6.92 Å². The molecular weight excluding hydrogens is 294 g/mol. The number of benzene rings is 1. The molecule has 0 bridgehead atoms. The molecule has 116 valence electrons. The average molecular weight is 313 g/mol. The van der Waals surface area contributed by atoms with Gasteiger partial charge in [0.15, 0.2) is 0 Å². The van der Waals surface area contributed by atoms with Crippen LogP contribution in [-0.2, 0) is 10.0 Å². The molecule has 7 heteroatoms. The van der Waals surface area contributed by atoms with Crippen LogP contribution in [0.3, 0.4) is 0 Å². The van der Waals surface area contributed by atoms with E-state index >= 15 is 0 Å². The SMILES string of the molecule is COc1ccc(C(=O)O)cc1S(=O)(=O)N1CCC[C@H](C)C1. The highest BCUT2D eigenvalue weighted by Gasteiger charge is 2.31. The molecule has 21 heavy (non-hydrogen) atoms. The number of carboxylic acids is 1. The minimum atomic E-state index is -3.75. The number of nitrogens with zero attached hydrogens (tertiary/aromatic N) is 1. The first-order chi connectivity index (χ1) is 9.86. The second-order valence-corrected chi connectivity index (χ2v) is 7.19. The molecule has 1 aromatic rings. The van der Waals surface area contributed by atoms with Crippen LogP contribution < -0.4 is 4.74 Å². The van der Waals surface area contributed by atoms with Gasteiger partial charge < -0.3 is 9.84 Å². The average Bonchev–Trinajstić information content (AvgIpc) is 2.46. The summed E-state index contributed by atoms with van der Waals surface area (Å²) < 4.78 is 32.0. The summed E-state index contributed by atoms with van der Waals surface area (Å²) in [5.41, 5.74) is -0.0700. The van der Waals surface area contributed by atoms with Crippen molar-refractivity contribution in [1.82, 2.24) is 4.31 Å². The van der Waals surface area contributed by atoms with Crippen molar-refractivity contribution in [2.75, 3.05) is 20.2 Å². The molecule has 6 nitrogen and oxygen atoms in total. The van der Waals surface area contributed by atoms with Crippen molar-refractivity contribution >= 4 is 16.0 Å². The zero-order chi connectivity index (χ0) is 15.6. The van der Waals surface area contributed by atoms with Crippen LogP contribution in [0, 0.1) is 5.92 Å². The molecular formula is C14H19NO5S. The summed E-state index contributed by atoms with van der Waals surface area (Å²) in [4.78, 5) is 11.0. The van der Waals surface area contributed by atoms with Crippen LogP contribution in [0.5, 0.6) is 5.75 Å². The summed E-state index contributed by atoms with van der Waals surface area (Å²) in [6.45, 7) is 2.91. The largest absolute Gasteiger partial charge is 0.495 e. The van der Waals surface area contributed by atoms with Crippen LogP contribution >= 0.6 is 0 Å². The molecule has 0 radical (unpaired) electrons. The van der Waals surface area contributed by atoms with Gasteiger partial charge in [-0.25, -0.2) is 13.2 Å². The van der Waals surface area contributed by atoms with Crippen LogP contribution in [0.25, 0.3) is 0 Å². The van der Waals surface area contributed by atoms with Crippen LogP contribution in [0.2, 0.25) is 0 Å². The maximum atomic E-state index is 12.7. The molecule has 0 spiro atoms. The quantitative estimate of drug-likeness (QED) is 0.916. The Labute approximate surface area is 124 Å². The van der Waals surface area contributed by atoms with Crippen molar-refractivity contribution in [3.8, 4) is 5.75 Å². The van der Waals surface area contributed by atoms with Gasteiger partial charge in [-0.05, 0) is 37.0 Å². The molecule has 0 unspecified atom stereocenters. The maximum absolute atomic E-state index is 12.7. The van der Waals surface area contributed by atoms with Gasteiger partial charge in [0, 0.05) is 13.1 Å². The fraction of sp³-hybridized carbons (Fsp3) is 0.500. The summed E-state index contributed by atoms with van der Waals surface area (Å²) in [6, 6.07) is 3.87. The minimum absolute atomic E-state index is 0.0700. The van der Waals surface area contributed by atoms with Gasteiger partial charge in [-0.2, -0.15) is 4.31 Å². The number of hydrogen-bond donors (Lipinski definition) is 1. The van der Waals surface area contributed by atoms with E-state index < -0.39 is 16.0 Å². The van der Waals surface area contributed by atoms with Crippen LogP contribution in [0.4, 0.5) is 0 Å². The first-order valence-electron chi connectivity index (χ1n) is 6.77. The number of sulfonamides is 1. The molecule has 0 amide bonds. The maximum Gasteiger partial charge on any atom is 0.335 e. The summed E-state index contributed by atoms with van der Waals surface area (Å²) in [5, 5.41) is 9.04. The highest BCUT2D eigenvalue weighted by molar-refractivity contribution is 7.89. The third-order valence-corrected chi connectivity index (χ3v) is 5.53. The molecule has 1 N–H and O–H groups in total. The molecule has 1 atom stereocenters. The zero-order valence-corrected chi connectivity index (χ0v) is 12.9. The third-order valence-electron chi connectivity index (χ3n) is 3.65. The summed E-state index contributed by atoms with van der Waals surface area (Å²) >= 11 is 0. The van der Waals surface area contributed by atoms with Gasteiger partial charge in [-0.3, -0.25) is 0 Å². The van der Waals surface area contributed by atoms with E-state index in [4.69, 9.17) is 9.84 Å². The molecule has 1 aromatic carbocycles. The van der Waals surface area contributed by atoms with E-state index in [1.54, 1.807) is 0 Å². The number of methoxy groups -OCH3 is 1. The Morgan fingerprint density at radius 2 is 2.14 bits per heavy atom. The summed E-state index contributed by atoms with van der Waals surface area (Å²) in [6.07, 6.45) is 1.81. The highest BCUT2D eigenvalue weighted by atomic mass is 32.2. The Hall–Kier alpha value is -1.60. The summed E-state index contributed by atoms with van der Waals surface area (Å²) in [5.74, 6) is -0.707. The van der Waals surface area contributed by atoms with Crippen molar-refractivity contribution in [3.05, 3.63) is 23.8 Å². The van der Waals surface area contributed by atoms with Crippen molar-refractivity contribution in [2.24, 2.45) is 5.92 Å². The summed E-state index contributed by atoms with van der Waals surface area (Å²) in [7, 11) is -2.38. The Bertz CT molecular complexity index is 641.